The molecule has 2 N–H and O–H groups in total. The standard InChI is InChI=1S/C18H20BrN3O4/c1-11-6-15(26-21-11)8-17(24)22-10-14(23)7-16(22)18(25)20-9-12-2-4-13(19)5-3-12/h2-6,14,16,23H,7-10H2,1H3,(H,20,25). The molecule has 1 fully saturated rings. The number of likely N-dealkylation sites (tertiary alicyclic amines) is 1. The van der Waals surface area contributed by atoms with E-state index in [4.69, 9.17) is 4.52 Å². The van der Waals surface area contributed by atoms with E-state index in [9.17, 15) is 14.7 Å². The summed E-state index contributed by atoms with van der Waals surface area (Å²) < 4.78 is 6.03. The first-order valence-corrected chi connectivity index (χ1v) is 9.13. The second-order valence-corrected chi connectivity index (χ2v) is 7.32. The molecule has 8 heteroatoms. The number of nitrogens with zero attached hydrogens (tertiary/aromatic N) is 2. The molecule has 1 aliphatic rings. The van der Waals surface area contributed by atoms with Crippen LogP contribution >= 0.6 is 15.9 Å². The van der Waals surface area contributed by atoms with Gasteiger partial charge in [0.1, 0.15) is 11.8 Å². The van der Waals surface area contributed by atoms with Crippen molar-refractivity contribution >= 4 is 27.7 Å². The van der Waals surface area contributed by atoms with Crippen molar-refractivity contribution < 1.29 is 19.2 Å². The number of carbonyl (C=O) groups excluding carboxylic acids is 2. The Balaban J connectivity index is 1.61. The Morgan fingerprint density at radius 2 is 2.12 bits per heavy atom. The van der Waals surface area contributed by atoms with Crippen molar-refractivity contribution in [2.75, 3.05) is 6.54 Å². The van der Waals surface area contributed by atoms with Crippen molar-refractivity contribution in [2.24, 2.45) is 0 Å². The van der Waals surface area contributed by atoms with Gasteiger partial charge in [0.2, 0.25) is 11.8 Å². The Morgan fingerprint density at radius 1 is 1.38 bits per heavy atom. The number of halogens is 1. The number of hydrogen-bond donors (Lipinski definition) is 2. The molecule has 2 amide bonds. The van der Waals surface area contributed by atoms with E-state index in [1.807, 2.05) is 24.3 Å². The van der Waals surface area contributed by atoms with Crippen LogP contribution in [0.4, 0.5) is 0 Å². The van der Waals surface area contributed by atoms with Gasteiger partial charge in [0.05, 0.1) is 18.2 Å². The van der Waals surface area contributed by atoms with Gasteiger partial charge in [-0.25, -0.2) is 0 Å². The number of aromatic nitrogens is 1. The molecule has 1 aromatic heterocycles. The lowest BCUT2D eigenvalue weighted by molar-refractivity contribution is -0.138. The molecule has 0 saturated carbocycles. The van der Waals surface area contributed by atoms with E-state index in [0.717, 1.165) is 10.0 Å². The number of amides is 2. The Hall–Kier alpha value is -2.19. The third-order valence-electron chi connectivity index (χ3n) is 4.28. The second kappa shape index (κ2) is 8.01. The minimum Gasteiger partial charge on any atom is -0.391 e. The van der Waals surface area contributed by atoms with E-state index < -0.39 is 12.1 Å². The molecule has 1 aromatic carbocycles. The summed E-state index contributed by atoms with van der Waals surface area (Å²) >= 11 is 3.37. The molecule has 7 nitrogen and oxygen atoms in total. The first kappa shape index (κ1) is 18.6. The van der Waals surface area contributed by atoms with Gasteiger partial charge in [-0.05, 0) is 24.6 Å². The summed E-state index contributed by atoms with van der Waals surface area (Å²) in [4.78, 5) is 26.5. The van der Waals surface area contributed by atoms with Gasteiger partial charge in [-0.1, -0.05) is 33.2 Å². The Morgan fingerprint density at radius 3 is 2.77 bits per heavy atom. The molecule has 2 heterocycles. The highest BCUT2D eigenvalue weighted by Crippen LogP contribution is 2.20. The molecular formula is C18H20BrN3O4. The predicted molar refractivity (Wildman–Crippen MR) is 97.1 cm³/mol. The van der Waals surface area contributed by atoms with Gasteiger partial charge in [0.25, 0.3) is 0 Å². The SMILES string of the molecule is Cc1cc(CC(=O)N2CC(O)CC2C(=O)NCc2ccc(Br)cc2)on1. The Kier molecular flexibility index (Phi) is 5.73. The van der Waals surface area contributed by atoms with Gasteiger partial charge >= 0.3 is 0 Å². The zero-order valence-corrected chi connectivity index (χ0v) is 15.9. The predicted octanol–water partition coefficient (Wildman–Crippen LogP) is 1.57. The second-order valence-electron chi connectivity index (χ2n) is 6.41. The molecule has 0 spiro atoms. The number of carbonyl (C=O) groups is 2. The fourth-order valence-corrected chi connectivity index (χ4v) is 3.26. The summed E-state index contributed by atoms with van der Waals surface area (Å²) in [5.74, 6) is -0.0871. The van der Waals surface area contributed by atoms with Gasteiger partial charge in [0.15, 0.2) is 0 Å². The average Bonchev–Trinajstić information content (AvgIpc) is 3.19. The number of nitrogens with one attached hydrogen (secondary N) is 1. The highest BCUT2D eigenvalue weighted by molar-refractivity contribution is 9.10. The maximum atomic E-state index is 12.5. The number of aliphatic hydroxyl groups is 1. The normalized spacial score (nSPS) is 19.6. The molecule has 0 aliphatic carbocycles. The summed E-state index contributed by atoms with van der Waals surface area (Å²) in [7, 11) is 0. The van der Waals surface area contributed by atoms with Crippen LogP contribution in [0.5, 0.6) is 0 Å². The molecule has 26 heavy (non-hydrogen) atoms. The van der Waals surface area contributed by atoms with Crippen LogP contribution in [-0.2, 0) is 22.6 Å². The Bertz CT molecular complexity index is 790. The summed E-state index contributed by atoms with van der Waals surface area (Å²) in [6.45, 7) is 2.28. The topological polar surface area (TPSA) is 95.7 Å². The number of aryl methyl sites for hydroxylation is 1. The zero-order valence-electron chi connectivity index (χ0n) is 14.3. The van der Waals surface area contributed by atoms with Crippen LogP contribution in [0.15, 0.2) is 39.3 Å². The van der Waals surface area contributed by atoms with E-state index in [0.29, 0.717) is 18.0 Å². The van der Waals surface area contributed by atoms with E-state index in [1.165, 1.54) is 4.90 Å². The third-order valence-corrected chi connectivity index (χ3v) is 4.81. The summed E-state index contributed by atoms with van der Waals surface area (Å²) in [5, 5.41) is 16.5. The molecule has 0 radical (unpaired) electrons. The quantitative estimate of drug-likeness (QED) is 0.763. The maximum absolute atomic E-state index is 12.5. The van der Waals surface area contributed by atoms with Crippen molar-refractivity contribution in [3.8, 4) is 0 Å². The fraction of sp³-hybridized carbons (Fsp3) is 0.389. The van der Waals surface area contributed by atoms with Gasteiger partial charge < -0.3 is 19.8 Å². The van der Waals surface area contributed by atoms with Crippen molar-refractivity contribution in [1.82, 2.24) is 15.4 Å². The molecule has 2 atom stereocenters. The number of aliphatic hydroxyl groups excluding tert-OH is 1. The lowest BCUT2D eigenvalue weighted by Crippen LogP contribution is -2.46. The highest BCUT2D eigenvalue weighted by Gasteiger charge is 2.38. The van der Waals surface area contributed by atoms with Crippen LogP contribution in [-0.4, -0.2) is 45.7 Å². The van der Waals surface area contributed by atoms with Crippen LogP contribution < -0.4 is 5.32 Å². The van der Waals surface area contributed by atoms with Crippen LogP contribution in [0.3, 0.4) is 0 Å². The minimum absolute atomic E-state index is 0.0179. The van der Waals surface area contributed by atoms with Crippen LogP contribution in [0.2, 0.25) is 0 Å². The highest BCUT2D eigenvalue weighted by atomic mass is 79.9. The fourth-order valence-electron chi connectivity index (χ4n) is 3.00. The zero-order chi connectivity index (χ0) is 18.7. The third kappa shape index (κ3) is 4.50. The van der Waals surface area contributed by atoms with Crippen molar-refractivity contribution in [2.45, 2.75) is 38.5 Å². The minimum atomic E-state index is -0.709. The molecule has 2 unspecified atom stereocenters. The van der Waals surface area contributed by atoms with Crippen LogP contribution in [0, 0.1) is 6.92 Å². The monoisotopic (exact) mass is 421 g/mol. The largest absolute Gasteiger partial charge is 0.391 e. The van der Waals surface area contributed by atoms with Gasteiger partial charge in [-0.3, -0.25) is 9.59 Å². The van der Waals surface area contributed by atoms with Gasteiger partial charge in [-0.2, -0.15) is 0 Å². The summed E-state index contributed by atoms with van der Waals surface area (Å²) in [6.07, 6.45) is -0.462. The molecule has 1 aliphatic heterocycles. The van der Waals surface area contributed by atoms with Gasteiger partial charge in [0, 0.05) is 30.0 Å². The molecular weight excluding hydrogens is 402 g/mol. The van der Waals surface area contributed by atoms with E-state index >= 15 is 0 Å². The lowest BCUT2D eigenvalue weighted by Gasteiger charge is -2.23. The molecule has 0 bridgehead atoms. The summed E-state index contributed by atoms with van der Waals surface area (Å²) in [5.41, 5.74) is 1.65. The van der Waals surface area contributed by atoms with E-state index in [2.05, 4.69) is 26.4 Å². The molecule has 1 saturated heterocycles. The smallest absolute Gasteiger partial charge is 0.243 e. The van der Waals surface area contributed by atoms with Crippen LogP contribution in [0.1, 0.15) is 23.4 Å². The maximum Gasteiger partial charge on any atom is 0.243 e. The molecule has 2 aromatic rings. The van der Waals surface area contributed by atoms with Crippen molar-refractivity contribution in [3.05, 3.63) is 51.8 Å². The Labute approximate surface area is 159 Å². The lowest BCUT2D eigenvalue weighted by atomic mass is 10.1. The van der Waals surface area contributed by atoms with E-state index in [-0.39, 0.29) is 31.2 Å². The average molecular weight is 422 g/mol. The molecule has 138 valence electrons. The summed E-state index contributed by atoms with van der Waals surface area (Å²) in [6, 6.07) is 8.61. The van der Waals surface area contributed by atoms with Crippen molar-refractivity contribution in [3.63, 3.8) is 0 Å². The van der Waals surface area contributed by atoms with Crippen LogP contribution in [0.25, 0.3) is 0 Å². The number of β-amino-alcohol motifs (C(OH)–C–C–N with tert-alkyl or cyclic N) is 1. The van der Waals surface area contributed by atoms with E-state index in [1.54, 1.807) is 13.0 Å². The molecule has 3 rings (SSSR count). The first-order chi connectivity index (χ1) is 12.4. The first-order valence-electron chi connectivity index (χ1n) is 8.34. The number of hydrogen-bond acceptors (Lipinski definition) is 5. The van der Waals surface area contributed by atoms with Crippen molar-refractivity contribution in [1.29, 1.82) is 0 Å². The number of rotatable bonds is 5. The number of benzene rings is 1. The van der Waals surface area contributed by atoms with Gasteiger partial charge in [-0.15, -0.1) is 0 Å².